The molecule has 208 valence electrons. The first kappa shape index (κ1) is 27.5. The number of rotatable bonds is 12. The van der Waals surface area contributed by atoms with E-state index in [1.165, 1.54) is 7.11 Å². The van der Waals surface area contributed by atoms with Gasteiger partial charge in [0.15, 0.2) is 11.4 Å². The minimum atomic E-state index is -0.693. The molecule has 1 aromatic heterocycles. The van der Waals surface area contributed by atoms with Crippen molar-refractivity contribution in [1.29, 1.82) is 0 Å². The number of nitrogens with zero attached hydrogens (tertiary/aromatic N) is 2. The fourth-order valence-corrected chi connectivity index (χ4v) is 4.45. The monoisotopic (exact) mass is 549 g/mol. The van der Waals surface area contributed by atoms with Gasteiger partial charge < -0.3 is 24.1 Å². The van der Waals surface area contributed by atoms with Crippen LogP contribution in [-0.4, -0.2) is 50.1 Å². The number of nitrogens with one attached hydrogen (secondary N) is 1. The van der Waals surface area contributed by atoms with Crippen molar-refractivity contribution in [2.24, 2.45) is 0 Å². The number of hydrogen-bond acceptors (Lipinski definition) is 8. The second-order valence-electron chi connectivity index (χ2n) is 9.54. The normalized spacial score (nSPS) is 11.6. The minimum Gasteiger partial charge on any atom is -0.492 e. The summed E-state index contributed by atoms with van der Waals surface area (Å²) in [4.78, 5) is 32.3. The number of ether oxygens (including phenoxy) is 2. The van der Waals surface area contributed by atoms with Gasteiger partial charge in [-0.3, -0.25) is 4.79 Å². The fraction of sp³-hybridized carbons (Fsp3) is 0.182. The highest BCUT2D eigenvalue weighted by Gasteiger charge is 2.22. The van der Waals surface area contributed by atoms with E-state index in [9.17, 15) is 9.59 Å². The SMILES string of the molecule is COC(=O)C(Cc1ccc(OCCN(C)c2nc3ccccc3o2)cc1)Nc1ccccc1C(=O)c1ccccc1. The Labute approximate surface area is 238 Å². The molecule has 0 aliphatic carbocycles. The minimum absolute atomic E-state index is 0.124. The summed E-state index contributed by atoms with van der Waals surface area (Å²) in [6.45, 7) is 1.02. The summed E-state index contributed by atoms with van der Waals surface area (Å²) in [6, 6.07) is 31.3. The van der Waals surface area contributed by atoms with Crippen molar-refractivity contribution in [3.05, 3.63) is 120 Å². The van der Waals surface area contributed by atoms with Crippen LogP contribution in [0, 0.1) is 0 Å². The Morgan fingerprint density at radius 3 is 2.37 bits per heavy atom. The molecule has 5 rings (SSSR count). The van der Waals surface area contributed by atoms with Crippen LogP contribution < -0.4 is 15.0 Å². The summed E-state index contributed by atoms with van der Waals surface area (Å²) in [5.41, 5.74) is 4.11. The van der Waals surface area contributed by atoms with Crippen LogP contribution in [0.3, 0.4) is 0 Å². The summed E-state index contributed by atoms with van der Waals surface area (Å²) >= 11 is 0. The molecule has 1 heterocycles. The van der Waals surface area contributed by atoms with E-state index in [-0.39, 0.29) is 5.78 Å². The van der Waals surface area contributed by atoms with Crippen molar-refractivity contribution in [2.75, 3.05) is 37.5 Å². The molecule has 0 bridgehead atoms. The molecule has 5 aromatic rings. The van der Waals surface area contributed by atoms with E-state index < -0.39 is 12.0 Å². The number of oxazole rings is 1. The molecule has 0 aliphatic rings. The lowest BCUT2D eigenvalue weighted by Crippen LogP contribution is -2.33. The molecule has 4 aromatic carbocycles. The van der Waals surface area contributed by atoms with Gasteiger partial charge in [0.1, 0.15) is 23.9 Å². The smallest absolute Gasteiger partial charge is 0.328 e. The Kier molecular flexibility index (Phi) is 8.59. The number of likely N-dealkylation sites (N-methyl/N-ethyl adjacent to an activating group) is 1. The summed E-state index contributed by atoms with van der Waals surface area (Å²) in [5, 5.41) is 3.24. The second kappa shape index (κ2) is 12.8. The number of benzene rings is 4. The van der Waals surface area contributed by atoms with Crippen LogP contribution in [0.2, 0.25) is 0 Å². The number of carbonyl (C=O) groups is 2. The quantitative estimate of drug-likeness (QED) is 0.155. The Morgan fingerprint density at radius 2 is 1.61 bits per heavy atom. The number of fused-ring (bicyclic) bond motifs is 1. The Morgan fingerprint density at radius 1 is 0.902 bits per heavy atom. The van der Waals surface area contributed by atoms with E-state index >= 15 is 0 Å². The highest BCUT2D eigenvalue weighted by molar-refractivity contribution is 6.12. The lowest BCUT2D eigenvalue weighted by molar-refractivity contribution is -0.141. The van der Waals surface area contributed by atoms with Crippen LogP contribution in [0.25, 0.3) is 11.1 Å². The van der Waals surface area contributed by atoms with Gasteiger partial charge in [-0.05, 0) is 42.0 Å². The Hall–Kier alpha value is -5.11. The average Bonchev–Trinajstić information content (AvgIpc) is 3.46. The van der Waals surface area contributed by atoms with Gasteiger partial charge >= 0.3 is 5.97 Å². The molecule has 0 radical (unpaired) electrons. The standard InChI is InChI=1S/C33H31N3O5/c1-36(33-35-28-14-8-9-15-30(28)41-33)20-21-40-25-18-16-23(17-19-25)22-29(32(38)39-2)34-27-13-7-6-12-26(27)31(37)24-10-4-3-5-11-24/h3-19,29,34H,20-22H2,1-2H3. The maximum absolute atomic E-state index is 13.2. The molecule has 0 fully saturated rings. The molecular formula is C33H31N3O5. The highest BCUT2D eigenvalue weighted by atomic mass is 16.5. The number of para-hydroxylation sites is 3. The van der Waals surface area contributed by atoms with E-state index in [4.69, 9.17) is 13.9 Å². The molecule has 8 heteroatoms. The third-order valence-corrected chi connectivity index (χ3v) is 6.69. The second-order valence-corrected chi connectivity index (χ2v) is 9.54. The number of aromatic nitrogens is 1. The molecule has 0 amide bonds. The third-order valence-electron chi connectivity index (χ3n) is 6.69. The molecule has 0 saturated heterocycles. The first-order valence-corrected chi connectivity index (χ1v) is 13.3. The Balaban J connectivity index is 1.20. The van der Waals surface area contributed by atoms with Gasteiger partial charge in [-0.1, -0.05) is 66.7 Å². The van der Waals surface area contributed by atoms with E-state index in [1.807, 2.05) is 84.7 Å². The average molecular weight is 550 g/mol. The number of carbonyl (C=O) groups excluding carboxylic acids is 2. The molecule has 41 heavy (non-hydrogen) atoms. The van der Waals surface area contributed by atoms with Gasteiger partial charge in [0.2, 0.25) is 0 Å². The summed E-state index contributed by atoms with van der Waals surface area (Å²) in [7, 11) is 3.26. The molecule has 0 aliphatic heterocycles. The highest BCUT2D eigenvalue weighted by Crippen LogP contribution is 2.23. The predicted octanol–water partition coefficient (Wildman–Crippen LogP) is 5.77. The largest absolute Gasteiger partial charge is 0.492 e. The lowest BCUT2D eigenvalue weighted by Gasteiger charge is -2.20. The maximum atomic E-state index is 13.2. The zero-order valence-electron chi connectivity index (χ0n) is 22.9. The van der Waals surface area contributed by atoms with Crippen LogP contribution in [-0.2, 0) is 16.0 Å². The molecule has 1 N–H and O–H groups in total. The van der Waals surface area contributed by atoms with Gasteiger partial charge in [-0.25, -0.2) is 4.79 Å². The zero-order chi connectivity index (χ0) is 28.6. The van der Waals surface area contributed by atoms with E-state index in [0.717, 1.165) is 16.7 Å². The van der Waals surface area contributed by atoms with Crippen LogP contribution in [0.15, 0.2) is 108 Å². The van der Waals surface area contributed by atoms with Crippen LogP contribution in [0.5, 0.6) is 5.75 Å². The predicted molar refractivity (Wildman–Crippen MR) is 159 cm³/mol. The number of esters is 1. The fourth-order valence-electron chi connectivity index (χ4n) is 4.45. The number of anilines is 2. The first-order chi connectivity index (χ1) is 20.0. The van der Waals surface area contributed by atoms with Gasteiger partial charge in [0.25, 0.3) is 6.01 Å². The first-order valence-electron chi connectivity index (χ1n) is 13.3. The van der Waals surface area contributed by atoms with E-state index in [1.54, 1.807) is 30.3 Å². The molecule has 0 saturated carbocycles. The van der Waals surface area contributed by atoms with Crippen LogP contribution >= 0.6 is 0 Å². The van der Waals surface area contributed by atoms with Gasteiger partial charge in [-0.15, -0.1) is 0 Å². The molecular weight excluding hydrogens is 518 g/mol. The number of hydrogen-bond donors (Lipinski definition) is 1. The maximum Gasteiger partial charge on any atom is 0.328 e. The van der Waals surface area contributed by atoms with Gasteiger partial charge in [-0.2, -0.15) is 4.98 Å². The van der Waals surface area contributed by atoms with Crippen molar-refractivity contribution < 1.29 is 23.5 Å². The summed E-state index contributed by atoms with van der Waals surface area (Å²) in [6.07, 6.45) is 0.362. The third kappa shape index (κ3) is 6.73. The topological polar surface area (TPSA) is 93.9 Å². The van der Waals surface area contributed by atoms with Crippen LogP contribution in [0.4, 0.5) is 11.7 Å². The lowest BCUT2D eigenvalue weighted by atomic mass is 10.00. The van der Waals surface area contributed by atoms with Gasteiger partial charge in [0.05, 0.1) is 13.7 Å². The van der Waals surface area contributed by atoms with Gasteiger partial charge in [0, 0.05) is 30.3 Å². The van der Waals surface area contributed by atoms with Crippen molar-refractivity contribution in [1.82, 2.24) is 4.98 Å². The molecule has 1 atom stereocenters. The molecule has 0 spiro atoms. The molecule has 1 unspecified atom stereocenters. The number of ketones is 1. The van der Waals surface area contributed by atoms with E-state index in [2.05, 4.69) is 10.3 Å². The summed E-state index contributed by atoms with van der Waals surface area (Å²) in [5.74, 6) is 0.163. The Bertz CT molecular complexity index is 1580. The van der Waals surface area contributed by atoms with E-state index in [0.29, 0.717) is 48.2 Å². The summed E-state index contributed by atoms with van der Waals surface area (Å²) < 4.78 is 16.8. The van der Waals surface area contributed by atoms with Crippen molar-refractivity contribution in [3.63, 3.8) is 0 Å². The number of methoxy groups -OCH3 is 1. The van der Waals surface area contributed by atoms with Crippen molar-refractivity contribution >= 4 is 34.6 Å². The van der Waals surface area contributed by atoms with Crippen molar-refractivity contribution in [2.45, 2.75) is 12.5 Å². The van der Waals surface area contributed by atoms with Crippen molar-refractivity contribution in [3.8, 4) is 5.75 Å². The van der Waals surface area contributed by atoms with Crippen LogP contribution in [0.1, 0.15) is 21.5 Å². The zero-order valence-corrected chi connectivity index (χ0v) is 22.9. The molecule has 8 nitrogen and oxygen atoms in total.